The fourth-order valence-corrected chi connectivity index (χ4v) is 4.09. The van der Waals surface area contributed by atoms with Crippen LogP contribution in [0.2, 0.25) is 0 Å². The van der Waals surface area contributed by atoms with Gasteiger partial charge in [0, 0.05) is 24.6 Å². The maximum atomic E-state index is 13.4. The highest BCUT2D eigenvalue weighted by Crippen LogP contribution is 2.31. The summed E-state index contributed by atoms with van der Waals surface area (Å²) in [6.45, 7) is 7.00. The van der Waals surface area contributed by atoms with Gasteiger partial charge < -0.3 is 4.74 Å². The van der Waals surface area contributed by atoms with Gasteiger partial charge in [-0.1, -0.05) is 11.3 Å². The smallest absolute Gasteiger partial charge is 0.312 e. The summed E-state index contributed by atoms with van der Waals surface area (Å²) >= 11 is 2.71. The van der Waals surface area contributed by atoms with Crippen LogP contribution in [0.1, 0.15) is 27.7 Å². The fourth-order valence-electron chi connectivity index (χ4n) is 2.46. The number of carbonyl (C=O) groups is 2. The summed E-state index contributed by atoms with van der Waals surface area (Å²) in [5, 5.41) is 8.86. The number of carbonyl (C=O) groups excluding carboxylic acids is 2. The van der Waals surface area contributed by atoms with Gasteiger partial charge in [0.25, 0.3) is 0 Å². The van der Waals surface area contributed by atoms with Crippen molar-refractivity contribution in [3.63, 3.8) is 0 Å². The SMILES string of the molecule is CSCC(C)(C)C(=O)OCC(C)(C)C(=O)N(C)c1nnc(-c2cncc(F)c2)s1. The van der Waals surface area contributed by atoms with E-state index in [1.165, 1.54) is 17.2 Å². The van der Waals surface area contributed by atoms with Crippen LogP contribution >= 0.6 is 23.1 Å². The van der Waals surface area contributed by atoms with Crippen LogP contribution in [0.25, 0.3) is 10.6 Å². The van der Waals surface area contributed by atoms with Crippen LogP contribution in [0.5, 0.6) is 0 Å². The number of hydrogen-bond donors (Lipinski definition) is 0. The Labute approximate surface area is 178 Å². The maximum Gasteiger partial charge on any atom is 0.312 e. The van der Waals surface area contributed by atoms with E-state index >= 15 is 0 Å². The normalized spacial score (nSPS) is 12.0. The van der Waals surface area contributed by atoms with Crippen molar-refractivity contribution in [2.24, 2.45) is 10.8 Å². The first-order valence-corrected chi connectivity index (χ1v) is 11.1. The Morgan fingerprint density at radius 2 is 1.90 bits per heavy atom. The van der Waals surface area contributed by atoms with E-state index in [2.05, 4.69) is 15.2 Å². The van der Waals surface area contributed by atoms with E-state index in [0.29, 0.717) is 21.5 Å². The number of anilines is 1. The molecule has 29 heavy (non-hydrogen) atoms. The summed E-state index contributed by atoms with van der Waals surface area (Å²) < 4.78 is 18.8. The van der Waals surface area contributed by atoms with Crippen LogP contribution in [0, 0.1) is 16.6 Å². The molecule has 0 aliphatic rings. The molecule has 0 radical (unpaired) electrons. The monoisotopic (exact) mass is 440 g/mol. The van der Waals surface area contributed by atoms with Crippen molar-refractivity contribution < 1.29 is 18.7 Å². The van der Waals surface area contributed by atoms with E-state index in [-0.39, 0.29) is 18.5 Å². The number of thioether (sulfide) groups is 1. The molecule has 0 bridgehead atoms. The van der Waals surface area contributed by atoms with Gasteiger partial charge in [-0.05, 0) is 40.0 Å². The molecule has 0 unspecified atom stereocenters. The first-order valence-electron chi connectivity index (χ1n) is 8.87. The number of halogens is 1. The summed E-state index contributed by atoms with van der Waals surface area (Å²) in [5.74, 6) is -0.459. The van der Waals surface area contributed by atoms with E-state index in [0.717, 1.165) is 17.5 Å². The lowest BCUT2D eigenvalue weighted by Gasteiger charge is -2.29. The molecule has 0 fully saturated rings. The number of pyridine rings is 1. The lowest BCUT2D eigenvalue weighted by molar-refractivity contribution is -0.157. The topological polar surface area (TPSA) is 85.3 Å². The van der Waals surface area contributed by atoms with Crippen molar-refractivity contribution in [3.05, 3.63) is 24.3 Å². The van der Waals surface area contributed by atoms with Gasteiger partial charge in [-0.2, -0.15) is 11.8 Å². The molecule has 0 saturated carbocycles. The average Bonchev–Trinajstić information content (AvgIpc) is 3.15. The molecule has 7 nitrogen and oxygen atoms in total. The summed E-state index contributed by atoms with van der Waals surface area (Å²) in [5.41, 5.74) is -1.09. The average molecular weight is 441 g/mol. The molecular weight excluding hydrogens is 415 g/mol. The Morgan fingerprint density at radius 3 is 2.52 bits per heavy atom. The van der Waals surface area contributed by atoms with Crippen LogP contribution < -0.4 is 4.90 Å². The van der Waals surface area contributed by atoms with Crippen molar-refractivity contribution in [1.29, 1.82) is 0 Å². The zero-order valence-electron chi connectivity index (χ0n) is 17.4. The first kappa shape index (κ1) is 23.2. The Hall–Kier alpha value is -2.07. The van der Waals surface area contributed by atoms with Crippen LogP contribution in [-0.4, -0.2) is 52.7 Å². The molecule has 0 aliphatic carbocycles. The molecule has 2 aromatic heterocycles. The van der Waals surface area contributed by atoms with Crippen LogP contribution in [0.4, 0.5) is 9.52 Å². The summed E-state index contributed by atoms with van der Waals surface area (Å²) in [4.78, 5) is 30.5. The number of esters is 1. The number of nitrogens with zero attached hydrogens (tertiary/aromatic N) is 4. The van der Waals surface area contributed by atoms with E-state index in [4.69, 9.17) is 4.74 Å². The minimum Gasteiger partial charge on any atom is -0.464 e. The third-order valence-electron chi connectivity index (χ3n) is 4.16. The van der Waals surface area contributed by atoms with Crippen molar-refractivity contribution in [2.75, 3.05) is 30.6 Å². The highest BCUT2D eigenvalue weighted by Gasteiger charge is 2.36. The lowest BCUT2D eigenvalue weighted by Crippen LogP contribution is -2.43. The quantitative estimate of drug-likeness (QED) is 0.579. The third-order valence-corrected chi connectivity index (χ3v) is 6.22. The predicted molar refractivity (Wildman–Crippen MR) is 113 cm³/mol. The van der Waals surface area contributed by atoms with Gasteiger partial charge in [-0.15, -0.1) is 10.2 Å². The highest BCUT2D eigenvalue weighted by molar-refractivity contribution is 7.98. The number of rotatable bonds is 8. The minimum absolute atomic E-state index is 0.0493. The van der Waals surface area contributed by atoms with Gasteiger partial charge in [0.2, 0.25) is 11.0 Å². The van der Waals surface area contributed by atoms with Gasteiger partial charge in [0.05, 0.1) is 17.0 Å². The second-order valence-corrected chi connectivity index (χ2v) is 9.74. The van der Waals surface area contributed by atoms with Crippen molar-refractivity contribution in [3.8, 4) is 10.6 Å². The molecule has 0 spiro atoms. The van der Waals surface area contributed by atoms with Gasteiger partial charge in [-0.3, -0.25) is 19.5 Å². The zero-order chi connectivity index (χ0) is 21.8. The van der Waals surface area contributed by atoms with Crippen molar-refractivity contribution >= 4 is 40.1 Å². The number of amides is 1. The number of ether oxygens (including phenoxy) is 1. The highest BCUT2D eigenvalue weighted by atomic mass is 32.2. The van der Waals surface area contributed by atoms with Gasteiger partial charge in [0.15, 0.2) is 5.01 Å². The van der Waals surface area contributed by atoms with Gasteiger partial charge in [-0.25, -0.2) is 4.39 Å². The molecule has 0 atom stereocenters. The Bertz CT molecular complexity index is 886. The van der Waals surface area contributed by atoms with Gasteiger partial charge in [0.1, 0.15) is 12.4 Å². The molecule has 158 valence electrons. The maximum absolute atomic E-state index is 13.4. The number of hydrogen-bond acceptors (Lipinski definition) is 8. The molecule has 0 N–H and O–H groups in total. The fraction of sp³-hybridized carbons (Fsp3) is 0.526. The predicted octanol–water partition coefficient (Wildman–Crippen LogP) is 3.66. The first-order chi connectivity index (χ1) is 13.5. The van der Waals surface area contributed by atoms with E-state index in [9.17, 15) is 14.0 Å². The summed E-state index contributed by atoms with van der Waals surface area (Å²) in [6, 6.07) is 1.30. The lowest BCUT2D eigenvalue weighted by atomic mass is 9.92. The van der Waals surface area contributed by atoms with Crippen LogP contribution in [0.3, 0.4) is 0 Å². The van der Waals surface area contributed by atoms with Crippen molar-refractivity contribution in [2.45, 2.75) is 27.7 Å². The van der Waals surface area contributed by atoms with Crippen LogP contribution in [-0.2, 0) is 14.3 Å². The Balaban J connectivity index is 2.07. The zero-order valence-corrected chi connectivity index (χ0v) is 19.0. The van der Waals surface area contributed by atoms with E-state index in [1.54, 1.807) is 32.7 Å². The molecule has 10 heteroatoms. The summed E-state index contributed by atoms with van der Waals surface area (Å²) in [6.07, 6.45) is 4.51. The van der Waals surface area contributed by atoms with Crippen LogP contribution in [0.15, 0.2) is 18.5 Å². The Kier molecular flexibility index (Phi) is 7.34. The second-order valence-electron chi connectivity index (χ2n) is 7.92. The molecule has 2 heterocycles. The molecule has 0 aliphatic heterocycles. The Morgan fingerprint density at radius 1 is 1.21 bits per heavy atom. The van der Waals surface area contributed by atoms with E-state index in [1.807, 2.05) is 20.1 Å². The van der Waals surface area contributed by atoms with E-state index < -0.39 is 16.6 Å². The van der Waals surface area contributed by atoms with Crippen molar-refractivity contribution in [1.82, 2.24) is 15.2 Å². The standard InChI is InChI=1S/C19H25FN4O3S2/c1-18(2,10-27-16(26)19(3,4)11-28-6)15(25)24(5)17-23-22-14(29-17)12-7-13(20)9-21-8-12/h7-9H,10-11H2,1-6H3. The molecule has 2 rings (SSSR count). The molecule has 0 saturated heterocycles. The molecular formula is C19H25FN4O3S2. The minimum atomic E-state index is -0.952. The van der Waals surface area contributed by atoms with Gasteiger partial charge >= 0.3 is 5.97 Å². The third kappa shape index (κ3) is 5.72. The summed E-state index contributed by atoms with van der Waals surface area (Å²) in [7, 11) is 1.58. The molecule has 2 aromatic rings. The largest absolute Gasteiger partial charge is 0.464 e. The second kappa shape index (κ2) is 9.17. The molecule has 0 aromatic carbocycles. The molecule has 1 amide bonds. The number of aromatic nitrogens is 3.